The van der Waals surface area contributed by atoms with Gasteiger partial charge in [-0.25, -0.2) is 4.98 Å². The van der Waals surface area contributed by atoms with Gasteiger partial charge in [-0.15, -0.1) is 0 Å². The van der Waals surface area contributed by atoms with Crippen LogP contribution in [0.25, 0.3) is 0 Å². The first-order chi connectivity index (χ1) is 7.36. The number of nitrogens with two attached hydrogens (primary N) is 1. The van der Waals surface area contributed by atoms with E-state index in [1.54, 1.807) is 11.8 Å². The predicted octanol–water partition coefficient (Wildman–Crippen LogP) is 2.66. The van der Waals surface area contributed by atoms with E-state index in [1.807, 2.05) is 24.0 Å². The van der Waals surface area contributed by atoms with Crippen LogP contribution < -0.4 is 5.73 Å². The molecule has 0 amide bonds. The fourth-order valence-electron chi connectivity index (χ4n) is 1.70. The van der Waals surface area contributed by atoms with Crippen LogP contribution in [0.4, 0.5) is 0 Å². The minimum absolute atomic E-state index is 0.187. The van der Waals surface area contributed by atoms with Gasteiger partial charge in [0.25, 0.3) is 0 Å². The van der Waals surface area contributed by atoms with Crippen LogP contribution in [0.1, 0.15) is 34.1 Å². The second kappa shape index (κ2) is 5.23. The molecule has 0 saturated heterocycles. The van der Waals surface area contributed by atoms with Gasteiger partial charge in [-0.05, 0) is 11.8 Å². The molecule has 0 fully saturated rings. The summed E-state index contributed by atoms with van der Waals surface area (Å²) in [5.74, 6) is 0. The van der Waals surface area contributed by atoms with E-state index in [-0.39, 0.29) is 11.5 Å². The Morgan fingerprint density at radius 2 is 2.12 bits per heavy atom. The highest BCUT2D eigenvalue weighted by molar-refractivity contribution is 7.99. The molecule has 0 bridgehead atoms. The van der Waals surface area contributed by atoms with E-state index in [0.717, 1.165) is 11.6 Å². The second-order valence-corrected chi connectivity index (χ2v) is 6.41. The molecule has 2 N–H and O–H groups in total. The molecule has 0 aliphatic heterocycles. The van der Waals surface area contributed by atoms with Crippen LogP contribution in [-0.4, -0.2) is 20.8 Å². The molecule has 0 radical (unpaired) electrons. The Morgan fingerprint density at radius 1 is 1.50 bits per heavy atom. The molecule has 2 unspecified atom stereocenters. The van der Waals surface area contributed by atoms with Gasteiger partial charge < -0.3 is 10.3 Å². The summed E-state index contributed by atoms with van der Waals surface area (Å²) in [5.41, 5.74) is 6.40. The van der Waals surface area contributed by atoms with E-state index < -0.39 is 0 Å². The third-order valence-corrected chi connectivity index (χ3v) is 4.64. The van der Waals surface area contributed by atoms with Crippen LogP contribution in [0.3, 0.4) is 0 Å². The van der Waals surface area contributed by atoms with Crippen LogP contribution in [-0.2, 0) is 7.05 Å². The quantitative estimate of drug-likeness (QED) is 0.824. The maximum atomic E-state index is 6.21. The molecular formula is C12H23N3S. The van der Waals surface area contributed by atoms with Crippen molar-refractivity contribution < 1.29 is 0 Å². The van der Waals surface area contributed by atoms with E-state index in [9.17, 15) is 0 Å². The number of nitrogens with zero attached hydrogens (tertiary/aromatic N) is 2. The summed E-state index contributed by atoms with van der Waals surface area (Å²) in [6.45, 7) is 8.86. The number of thioether (sulfide) groups is 1. The molecule has 1 aromatic heterocycles. The number of hydrogen-bond acceptors (Lipinski definition) is 3. The molecule has 16 heavy (non-hydrogen) atoms. The lowest BCUT2D eigenvalue weighted by atomic mass is 9.87. The Labute approximate surface area is 103 Å². The molecule has 1 rings (SSSR count). The maximum Gasteiger partial charge on any atom is 0.168 e. The summed E-state index contributed by atoms with van der Waals surface area (Å²) >= 11 is 1.79. The number of rotatable bonds is 4. The van der Waals surface area contributed by atoms with Crippen molar-refractivity contribution in [3.63, 3.8) is 0 Å². The van der Waals surface area contributed by atoms with E-state index in [1.165, 1.54) is 0 Å². The summed E-state index contributed by atoms with van der Waals surface area (Å²) in [7, 11) is 2.02. The van der Waals surface area contributed by atoms with Gasteiger partial charge in [0.2, 0.25) is 0 Å². The van der Waals surface area contributed by atoms with Gasteiger partial charge in [-0.1, -0.05) is 39.5 Å². The number of imidazole rings is 1. The van der Waals surface area contributed by atoms with Crippen LogP contribution >= 0.6 is 11.8 Å². The van der Waals surface area contributed by atoms with Crippen LogP contribution in [0.2, 0.25) is 0 Å². The summed E-state index contributed by atoms with van der Waals surface area (Å²) in [6.07, 6.45) is 4.80. The molecular weight excluding hydrogens is 218 g/mol. The fraction of sp³-hybridized carbons (Fsp3) is 0.750. The minimum Gasteiger partial charge on any atom is -0.329 e. The van der Waals surface area contributed by atoms with Crippen molar-refractivity contribution in [2.45, 2.75) is 50.6 Å². The van der Waals surface area contributed by atoms with Crippen molar-refractivity contribution in [3.8, 4) is 0 Å². The zero-order valence-electron chi connectivity index (χ0n) is 10.9. The Morgan fingerprint density at radius 3 is 2.50 bits per heavy atom. The molecule has 1 heterocycles. The van der Waals surface area contributed by atoms with Crippen molar-refractivity contribution >= 4 is 11.8 Å². The van der Waals surface area contributed by atoms with E-state index >= 15 is 0 Å². The average Bonchev–Trinajstić information content (AvgIpc) is 2.57. The fourth-order valence-corrected chi connectivity index (χ4v) is 3.00. The number of aromatic nitrogens is 2. The van der Waals surface area contributed by atoms with Crippen molar-refractivity contribution in [3.05, 3.63) is 12.4 Å². The standard InChI is InChI=1S/C12H23N3S/c1-6-9(13)10(12(2,3)4)16-11-14-7-8-15(11)5/h7-10H,6,13H2,1-5H3. The van der Waals surface area contributed by atoms with Crippen molar-refractivity contribution in [1.82, 2.24) is 9.55 Å². The molecule has 4 heteroatoms. The molecule has 1 aromatic rings. The highest BCUT2D eigenvalue weighted by atomic mass is 32.2. The Hall–Kier alpha value is -0.480. The highest BCUT2D eigenvalue weighted by Crippen LogP contribution is 2.36. The third-order valence-electron chi connectivity index (χ3n) is 2.72. The molecule has 0 aliphatic rings. The molecule has 3 nitrogen and oxygen atoms in total. The van der Waals surface area contributed by atoms with Gasteiger partial charge in [0.15, 0.2) is 5.16 Å². The van der Waals surface area contributed by atoms with Gasteiger partial charge in [0.05, 0.1) is 0 Å². The molecule has 2 atom stereocenters. The van der Waals surface area contributed by atoms with E-state index in [2.05, 4.69) is 32.7 Å². The molecule has 0 aromatic carbocycles. The van der Waals surface area contributed by atoms with Gasteiger partial charge >= 0.3 is 0 Å². The van der Waals surface area contributed by atoms with Crippen molar-refractivity contribution in [2.75, 3.05) is 0 Å². The van der Waals surface area contributed by atoms with E-state index in [0.29, 0.717) is 5.25 Å². The lowest BCUT2D eigenvalue weighted by Gasteiger charge is -2.34. The topological polar surface area (TPSA) is 43.8 Å². The minimum atomic E-state index is 0.187. The molecule has 92 valence electrons. The summed E-state index contributed by atoms with van der Waals surface area (Å²) in [6, 6.07) is 0.210. The Bertz CT molecular complexity index is 327. The van der Waals surface area contributed by atoms with Crippen molar-refractivity contribution in [1.29, 1.82) is 0 Å². The van der Waals surface area contributed by atoms with E-state index in [4.69, 9.17) is 5.73 Å². The van der Waals surface area contributed by atoms with Gasteiger partial charge in [0.1, 0.15) is 0 Å². The largest absolute Gasteiger partial charge is 0.329 e. The lowest BCUT2D eigenvalue weighted by molar-refractivity contribution is 0.349. The van der Waals surface area contributed by atoms with Gasteiger partial charge in [0, 0.05) is 30.7 Å². The summed E-state index contributed by atoms with van der Waals surface area (Å²) < 4.78 is 2.05. The SMILES string of the molecule is CCC(N)C(Sc1nccn1C)C(C)(C)C. The monoisotopic (exact) mass is 241 g/mol. The summed E-state index contributed by atoms with van der Waals surface area (Å²) in [4.78, 5) is 4.36. The first-order valence-electron chi connectivity index (χ1n) is 5.75. The zero-order valence-corrected chi connectivity index (χ0v) is 11.7. The van der Waals surface area contributed by atoms with Crippen LogP contribution in [0.15, 0.2) is 17.6 Å². The normalized spacial score (nSPS) is 16.1. The highest BCUT2D eigenvalue weighted by Gasteiger charge is 2.31. The zero-order chi connectivity index (χ0) is 12.3. The van der Waals surface area contributed by atoms with Gasteiger partial charge in [-0.2, -0.15) is 0 Å². The predicted molar refractivity (Wildman–Crippen MR) is 70.6 cm³/mol. The first-order valence-corrected chi connectivity index (χ1v) is 6.63. The van der Waals surface area contributed by atoms with Crippen LogP contribution in [0.5, 0.6) is 0 Å². The molecule has 0 spiro atoms. The number of aryl methyl sites for hydroxylation is 1. The Kier molecular flexibility index (Phi) is 4.44. The lowest BCUT2D eigenvalue weighted by Crippen LogP contribution is -2.40. The number of hydrogen-bond donors (Lipinski definition) is 1. The third kappa shape index (κ3) is 3.25. The Balaban J connectivity index is 2.84. The smallest absolute Gasteiger partial charge is 0.168 e. The molecule has 0 aliphatic carbocycles. The second-order valence-electron chi connectivity index (χ2n) is 5.30. The van der Waals surface area contributed by atoms with Crippen LogP contribution in [0, 0.1) is 5.41 Å². The maximum absolute atomic E-state index is 6.21. The first kappa shape index (κ1) is 13.6. The van der Waals surface area contributed by atoms with Gasteiger partial charge in [-0.3, -0.25) is 0 Å². The average molecular weight is 241 g/mol. The van der Waals surface area contributed by atoms with Crippen molar-refractivity contribution in [2.24, 2.45) is 18.2 Å². The molecule has 0 saturated carbocycles. The summed E-state index contributed by atoms with van der Waals surface area (Å²) in [5, 5.41) is 1.43.